The molecule has 3 rings (SSSR count). The lowest BCUT2D eigenvalue weighted by molar-refractivity contribution is 0.635. The van der Waals surface area contributed by atoms with E-state index < -0.39 is 0 Å². The van der Waals surface area contributed by atoms with Gasteiger partial charge in [0.1, 0.15) is 11.3 Å². The molecule has 0 saturated carbocycles. The summed E-state index contributed by atoms with van der Waals surface area (Å²) in [6.07, 6.45) is 4.66. The van der Waals surface area contributed by atoms with Crippen LogP contribution in [0.5, 0.6) is 0 Å². The van der Waals surface area contributed by atoms with Crippen LogP contribution in [0.1, 0.15) is 19.5 Å². The Balaban J connectivity index is 2.00. The van der Waals surface area contributed by atoms with Gasteiger partial charge in [0.05, 0.1) is 0 Å². The number of nitrogens with one attached hydrogen (secondary N) is 1. The van der Waals surface area contributed by atoms with E-state index in [1.54, 1.807) is 0 Å². The third-order valence-corrected chi connectivity index (χ3v) is 2.95. The van der Waals surface area contributed by atoms with Crippen molar-refractivity contribution >= 4 is 11.0 Å². The normalized spacial score (nSPS) is 11.3. The number of nitrogens with zero attached hydrogens (tertiary/aromatic N) is 3. The molecule has 3 aromatic heterocycles. The highest BCUT2D eigenvalue weighted by Crippen LogP contribution is 2.17. The zero-order valence-corrected chi connectivity index (χ0v) is 11.1. The van der Waals surface area contributed by atoms with Crippen molar-refractivity contribution in [3.8, 4) is 11.5 Å². The van der Waals surface area contributed by atoms with E-state index in [0.717, 1.165) is 28.8 Å². The van der Waals surface area contributed by atoms with Crippen LogP contribution in [0.2, 0.25) is 0 Å². The zero-order valence-electron chi connectivity index (χ0n) is 11.1. The van der Waals surface area contributed by atoms with Crippen LogP contribution in [0, 0.1) is 5.92 Å². The number of fused-ring (bicyclic) bond motifs is 1. The van der Waals surface area contributed by atoms with Gasteiger partial charge in [-0.05, 0) is 30.5 Å². The number of aromatic nitrogens is 4. The molecule has 96 valence electrons. The van der Waals surface area contributed by atoms with Crippen LogP contribution in [0.3, 0.4) is 0 Å². The molecule has 0 saturated heterocycles. The van der Waals surface area contributed by atoms with Gasteiger partial charge in [-0.2, -0.15) is 0 Å². The molecule has 0 unspecified atom stereocenters. The van der Waals surface area contributed by atoms with Gasteiger partial charge >= 0.3 is 0 Å². The Kier molecular flexibility index (Phi) is 2.99. The quantitative estimate of drug-likeness (QED) is 0.778. The molecule has 4 heteroatoms. The Bertz CT molecular complexity index is 700. The largest absolute Gasteiger partial charge is 0.346 e. The van der Waals surface area contributed by atoms with Crippen molar-refractivity contribution in [2.24, 2.45) is 5.92 Å². The van der Waals surface area contributed by atoms with Gasteiger partial charge in [0.15, 0.2) is 5.82 Å². The molecule has 1 N–H and O–H groups in total. The Morgan fingerprint density at radius 3 is 2.89 bits per heavy atom. The van der Waals surface area contributed by atoms with Crippen LogP contribution in [-0.4, -0.2) is 19.9 Å². The molecular formula is C15H16N4. The van der Waals surface area contributed by atoms with E-state index in [4.69, 9.17) is 0 Å². The molecule has 3 aromatic rings. The van der Waals surface area contributed by atoms with E-state index in [-0.39, 0.29) is 0 Å². The highest BCUT2D eigenvalue weighted by molar-refractivity contribution is 5.75. The smallest absolute Gasteiger partial charge is 0.180 e. The Morgan fingerprint density at radius 1 is 1.16 bits per heavy atom. The van der Waals surface area contributed by atoms with Gasteiger partial charge in [-0.25, -0.2) is 15.0 Å². The third-order valence-electron chi connectivity index (χ3n) is 2.95. The van der Waals surface area contributed by atoms with Gasteiger partial charge in [-0.3, -0.25) is 0 Å². The average Bonchev–Trinajstić information content (AvgIpc) is 2.85. The minimum absolute atomic E-state index is 0.592. The van der Waals surface area contributed by atoms with E-state index >= 15 is 0 Å². The molecule has 0 spiro atoms. The SMILES string of the molecule is CC(C)Cc1cccc(-c2ncc3cc[nH]c3n2)n1. The Hall–Kier alpha value is -2.23. The van der Waals surface area contributed by atoms with Crippen molar-refractivity contribution in [3.05, 3.63) is 42.4 Å². The predicted molar refractivity (Wildman–Crippen MR) is 75.7 cm³/mol. The van der Waals surface area contributed by atoms with Crippen LogP contribution < -0.4 is 0 Å². The van der Waals surface area contributed by atoms with Crippen LogP contribution in [0.15, 0.2) is 36.7 Å². The first kappa shape index (κ1) is 11.8. The summed E-state index contributed by atoms with van der Waals surface area (Å²) >= 11 is 0. The fraction of sp³-hybridized carbons (Fsp3) is 0.267. The molecule has 0 amide bonds. The van der Waals surface area contributed by atoms with Crippen molar-refractivity contribution < 1.29 is 0 Å². The predicted octanol–water partition coefficient (Wildman–Crippen LogP) is 3.22. The van der Waals surface area contributed by atoms with Crippen LogP contribution in [0.25, 0.3) is 22.6 Å². The maximum absolute atomic E-state index is 4.64. The van der Waals surface area contributed by atoms with Gasteiger partial charge in [-0.1, -0.05) is 19.9 Å². The minimum Gasteiger partial charge on any atom is -0.346 e. The Morgan fingerprint density at radius 2 is 2.05 bits per heavy atom. The Labute approximate surface area is 111 Å². The van der Waals surface area contributed by atoms with Gasteiger partial charge in [0.2, 0.25) is 0 Å². The molecule has 0 radical (unpaired) electrons. The first-order valence-corrected chi connectivity index (χ1v) is 6.49. The second-order valence-electron chi connectivity index (χ2n) is 5.09. The fourth-order valence-corrected chi connectivity index (χ4v) is 2.10. The summed E-state index contributed by atoms with van der Waals surface area (Å²) in [7, 11) is 0. The van der Waals surface area contributed by atoms with Crippen molar-refractivity contribution in [3.63, 3.8) is 0 Å². The van der Waals surface area contributed by atoms with Crippen molar-refractivity contribution in [2.75, 3.05) is 0 Å². The molecule has 4 nitrogen and oxygen atoms in total. The van der Waals surface area contributed by atoms with Crippen molar-refractivity contribution in [2.45, 2.75) is 20.3 Å². The maximum atomic E-state index is 4.64. The molecule has 0 bridgehead atoms. The molecule has 0 atom stereocenters. The second kappa shape index (κ2) is 4.80. The first-order valence-electron chi connectivity index (χ1n) is 6.49. The molecule has 0 aliphatic heterocycles. The van der Waals surface area contributed by atoms with Crippen LogP contribution >= 0.6 is 0 Å². The summed E-state index contributed by atoms with van der Waals surface area (Å²) < 4.78 is 0. The topological polar surface area (TPSA) is 54.5 Å². The minimum atomic E-state index is 0.592. The molecule has 0 aromatic carbocycles. The zero-order chi connectivity index (χ0) is 13.2. The van der Waals surface area contributed by atoms with Crippen LogP contribution in [-0.2, 0) is 6.42 Å². The van der Waals surface area contributed by atoms with Crippen molar-refractivity contribution in [1.29, 1.82) is 0 Å². The summed E-state index contributed by atoms with van der Waals surface area (Å²) in [5, 5.41) is 1.02. The van der Waals surface area contributed by atoms with E-state index in [1.165, 1.54) is 0 Å². The summed E-state index contributed by atoms with van der Waals surface area (Å²) in [5.74, 6) is 1.26. The fourth-order valence-electron chi connectivity index (χ4n) is 2.10. The molecule has 3 heterocycles. The van der Waals surface area contributed by atoms with E-state index in [1.807, 2.05) is 30.6 Å². The number of aromatic amines is 1. The number of rotatable bonds is 3. The number of pyridine rings is 1. The number of hydrogen-bond acceptors (Lipinski definition) is 3. The monoisotopic (exact) mass is 252 g/mol. The standard InChI is InChI=1S/C15H16N4/c1-10(2)8-12-4-3-5-13(18-12)15-17-9-11-6-7-16-14(11)19-15/h3-7,9-10H,8H2,1-2H3,(H,16,17,19). The number of hydrogen-bond donors (Lipinski definition) is 1. The lowest BCUT2D eigenvalue weighted by Crippen LogP contribution is -1.99. The summed E-state index contributed by atoms with van der Waals surface area (Å²) in [4.78, 5) is 16.6. The van der Waals surface area contributed by atoms with Gasteiger partial charge in [-0.15, -0.1) is 0 Å². The highest BCUT2D eigenvalue weighted by atomic mass is 15.0. The van der Waals surface area contributed by atoms with E-state index in [9.17, 15) is 0 Å². The molecule has 0 fully saturated rings. The van der Waals surface area contributed by atoms with Gasteiger partial charge < -0.3 is 4.98 Å². The van der Waals surface area contributed by atoms with E-state index in [2.05, 4.69) is 39.8 Å². The summed E-state index contributed by atoms with van der Waals surface area (Å²) in [6, 6.07) is 7.98. The maximum Gasteiger partial charge on any atom is 0.180 e. The second-order valence-corrected chi connectivity index (χ2v) is 5.09. The average molecular weight is 252 g/mol. The lowest BCUT2D eigenvalue weighted by Gasteiger charge is -2.06. The first-order chi connectivity index (χ1) is 9.22. The number of H-pyrrole nitrogens is 1. The van der Waals surface area contributed by atoms with Gasteiger partial charge in [0.25, 0.3) is 0 Å². The molecule has 0 aliphatic rings. The lowest BCUT2D eigenvalue weighted by atomic mass is 10.1. The van der Waals surface area contributed by atoms with Crippen LogP contribution in [0.4, 0.5) is 0 Å². The van der Waals surface area contributed by atoms with Gasteiger partial charge in [0, 0.05) is 23.5 Å². The van der Waals surface area contributed by atoms with E-state index in [0.29, 0.717) is 11.7 Å². The highest BCUT2D eigenvalue weighted by Gasteiger charge is 2.07. The molecule has 0 aliphatic carbocycles. The molecular weight excluding hydrogens is 236 g/mol. The summed E-state index contributed by atoms with van der Waals surface area (Å²) in [5.41, 5.74) is 2.76. The van der Waals surface area contributed by atoms with Crippen molar-refractivity contribution in [1.82, 2.24) is 19.9 Å². The third kappa shape index (κ3) is 2.47. The molecule has 19 heavy (non-hydrogen) atoms. The summed E-state index contributed by atoms with van der Waals surface area (Å²) in [6.45, 7) is 4.38.